The van der Waals surface area contributed by atoms with E-state index in [9.17, 15) is 34.6 Å². The first kappa shape index (κ1) is 89.7. The van der Waals surface area contributed by atoms with Gasteiger partial charge in [0.15, 0.2) is 23.3 Å². The maximum atomic E-state index is 12.0. The number of nitro groups is 2. The summed E-state index contributed by atoms with van der Waals surface area (Å²) in [7, 11) is 9.75. The molecular weight excluding hydrogens is 1510 g/mol. The van der Waals surface area contributed by atoms with Crippen molar-refractivity contribution < 1.29 is 24.2 Å². The Kier molecular flexibility index (Phi) is 33.3. The normalized spacial score (nSPS) is 21.5. The lowest BCUT2D eigenvalue weighted by Crippen LogP contribution is -2.53. The van der Waals surface area contributed by atoms with Crippen LogP contribution in [0.15, 0.2) is 92.3 Å². The number of nitriles is 2. The quantitative estimate of drug-likeness (QED) is 0.0290. The molecule has 5 saturated heterocycles. The molecule has 13 rings (SSSR count). The summed E-state index contributed by atoms with van der Waals surface area (Å²) in [4.78, 5) is 112. The molecule has 0 unspecified atom stereocenters. The number of carbonyl (C=O) groups excluding carboxylic acids is 3. The van der Waals surface area contributed by atoms with Gasteiger partial charge in [-0.05, 0) is 99.5 Å². The number of likely N-dealkylation sites (tertiary alicyclic amines) is 4. The molecule has 38 nitrogen and oxygen atoms in total. The first-order valence-electron chi connectivity index (χ1n) is 38.6. The van der Waals surface area contributed by atoms with E-state index >= 15 is 0 Å². The third kappa shape index (κ3) is 23.9. The number of nitrogens with zero attached hydrogens (tertiary/aromatic N) is 22. The first-order chi connectivity index (χ1) is 55.5. The molecule has 5 aromatic heterocycles. The second-order valence-corrected chi connectivity index (χ2v) is 30.4. The topological polar surface area (TPSA) is 532 Å². The summed E-state index contributed by atoms with van der Waals surface area (Å²) in [5, 5.41) is 48.4. The fourth-order valence-corrected chi connectivity index (χ4v) is 15.4. The highest BCUT2D eigenvalue weighted by Gasteiger charge is 2.38. The van der Waals surface area contributed by atoms with Gasteiger partial charge in [0, 0.05) is 111 Å². The summed E-state index contributed by atoms with van der Waals surface area (Å²) >= 11 is 5.35. The van der Waals surface area contributed by atoms with Gasteiger partial charge in [-0.2, -0.15) is 10.5 Å². The molecule has 6 aliphatic heterocycles. The summed E-state index contributed by atoms with van der Waals surface area (Å²) in [6, 6.07) is 26.2. The predicted octanol–water partition coefficient (Wildman–Crippen LogP) is 5.91. The first-order valence-corrected chi connectivity index (χ1v) is 39.0. The number of amides is 3. The third-order valence-corrected chi connectivity index (χ3v) is 22.6. The Hall–Kier alpha value is -11.8. The van der Waals surface area contributed by atoms with E-state index in [4.69, 9.17) is 56.5 Å². The summed E-state index contributed by atoms with van der Waals surface area (Å²) in [6.07, 6.45) is 11.9. The van der Waals surface area contributed by atoms with Crippen LogP contribution in [-0.2, 0) is 33.9 Å². The minimum atomic E-state index is -0.725. The minimum Gasteiger partial charge on any atom is -0.393 e. The van der Waals surface area contributed by atoms with Crippen molar-refractivity contribution in [3.05, 3.63) is 134 Å². The molecule has 39 heteroatoms. The van der Waals surface area contributed by atoms with E-state index in [1.165, 1.54) is 55.9 Å². The van der Waals surface area contributed by atoms with Crippen molar-refractivity contribution in [3.63, 3.8) is 0 Å². The fourth-order valence-electron chi connectivity index (χ4n) is 15.2. The molecule has 0 bridgehead atoms. The third-order valence-electron chi connectivity index (χ3n) is 22.3. The predicted molar refractivity (Wildman–Crippen MR) is 448 cm³/mol. The average molecular weight is 1620 g/mol. The molecule has 15 N–H and O–H groups in total. The van der Waals surface area contributed by atoms with Gasteiger partial charge in [-0.3, -0.25) is 44.4 Å². The Balaban J connectivity index is 0.000000177. The number of nitrogen functional groups attached to an aromatic ring is 6. The highest BCUT2D eigenvalue weighted by atomic mass is 35.5. The van der Waals surface area contributed by atoms with Crippen molar-refractivity contribution in [2.45, 2.75) is 129 Å². The monoisotopic (exact) mass is 1620 g/mol. The molecule has 3 amide bonds. The van der Waals surface area contributed by atoms with Gasteiger partial charge in [-0.25, -0.2) is 49.8 Å². The number of anilines is 11. The van der Waals surface area contributed by atoms with Gasteiger partial charge in [0.1, 0.15) is 67.5 Å². The summed E-state index contributed by atoms with van der Waals surface area (Å²) in [5.41, 5.74) is 37.8. The van der Waals surface area contributed by atoms with Crippen molar-refractivity contribution in [2.75, 3.05) is 160 Å². The SMILES string of the molecule is CN[C@H]1CN(Cc2ccccc2)CC[C@H]1C.C[C@@H]1CCN(C(=O)CC#N)C[C@@H]1N(C)c1ncnc(N)c1N.C[C@@H]1CCN(C(=O)CC#N)C[C@@H]1N(C)c1ncnc2c1CC(=O)N2.C[C@@H]1CCN(Cc2ccccc2)C[C@@H]1N(C)c1ncnc(N)c1[N+](=O)[O-].C[C@@H]1CCNC[C@@H]1N(C)c1ncnc(N)c1N.Nc1ncnc(Cl)c1[N+](=O)[O-]. The number of carbonyl (C=O) groups is 3. The molecule has 5 fully saturated rings. The van der Waals surface area contributed by atoms with Crippen molar-refractivity contribution in [2.24, 2.45) is 29.6 Å². The second-order valence-electron chi connectivity index (χ2n) is 30.0. The smallest absolute Gasteiger partial charge is 0.353 e. The maximum absolute atomic E-state index is 12.0. The maximum Gasteiger partial charge on any atom is 0.353 e. The van der Waals surface area contributed by atoms with E-state index in [1.54, 1.807) is 9.80 Å². The van der Waals surface area contributed by atoms with Gasteiger partial charge >= 0.3 is 11.4 Å². The van der Waals surface area contributed by atoms with Crippen molar-refractivity contribution >= 4 is 104 Å². The molecule has 0 saturated carbocycles. The summed E-state index contributed by atoms with van der Waals surface area (Å²) < 4.78 is 0. The van der Waals surface area contributed by atoms with Crippen molar-refractivity contribution in [1.29, 1.82) is 10.5 Å². The van der Waals surface area contributed by atoms with Crippen molar-refractivity contribution in [1.82, 2.24) is 80.1 Å². The van der Waals surface area contributed by atoms with Crippen LogP contribution in [0.25, 0.3) is 0 Å². The average Bonchev–Trinajstić information content (AvgIpc) is 1.23. The van der Waals surface area contributed by atoms with Gasteiger partial charge < -0.3 is 79.8 Å². The molecule has 6 aliphatic rings. The standard InChI is InChI=1S/C18H24N6O2.C16H20N6O2.C14H21N7O.C14H22N2.C11H20N6.C4H3ClN4O2/c1-13-8-9-23(10-14-6-4-3-5-7-14)11-15(13)22(2)18-16(24(25)26)17(19)20-12-21-18;1-10-4-6-22(14(24)3-5-17)8-12(10)21(2)16-11-7-13(23)20-15(11)18-9-19-16;1-9-4-6-21(11(22)3-5-15)7-10(9)20(2)14-12(16)13(17)18-8-19-14;1-12-8-9-16(11-14(12)15-2)10-13-6-4-3-5-7-13;1-7-3-4-14-5-8(7)17(2)11-9(12)10(13)15-6-16-11;5-3-2(9(10)11)4(6)8-1-7-3/h3-7,12-13,15H,8-11H2,1-2H3,(H2,19,20,21);9-10,12H,3-4,6-8H2,1-2H3,(H,18,19,20,23);8-10H,3-4,6-7,16H2,1-2H3,(H2,17,18,19);3-7,12,14-15H,8-11H2,1-2H3;6-8,14H,3-5,12H2,1-2H3,(H2,13,15,16);1H,(H2,6,7,8)/t13-,15+;10-,12+;9-,10+;12-,14+;7-,8+;/m11111./s1. The number of nitrogens with one attached hydrogen (secondary N) is 3. The number of hydrogen-bond acceptors (Lipinski definition) is 33. The Labute approximate surface area is 681 Å². The van der Waals surface area contributed by atoms with E-state index < -0.39 is 15.5 Å². The molecule has 116 heavy (non-hydrogen) atoms. The number of halogens is 1. The number of likely N-dealkylation sites (N-methyl/N-ethyl adjacent to an activating group) is 5. The fraction of sp³-hybridized carbons (Fsp3) is 0.519. The zero-order valence-corrected chi connectivity index (χ0v) is 68.4. The van der Waals surface area contributed by atoms with Crippen LogP contribution < -0.4 is 70.0 Å². The van der Waals surface area contributed by atoms with Crippen LogP contribution in [0.5, 0.6) is 0 Å². The largest absolute Gasteiger partial charge is 0.393 e. The number of hydrogen-bond donors (Lipinski definition) is 9. The van der Waals surface area contributed by atoms with Gasteiger partial charge in [-0.1, -0.05) is 107 Å². The van der Waals surface area contributed by atoms with Crippen LogP contribution in [-0.4, -0.2) is 228 Å². The van der Waals surface area contributed by atoms with Gasteiger partial charge in [-0.15, -0.1) is 0 Å². The summed E-state index contributed by atoms with van der Waals surface area (Å²) in [6.45, 7) is 21.7. The molecule has 10 atom stereocenters. The Morgan fingerprint density at radius 3 is 1.41 bits per heavy atom. The zero-order chi connectivity index (χ0) is 84.4. The molecular formula is C77H110ClN31O7. The van der Waals surface area contributed by atoms with Crippen molar-refractivity contribution in [3.8, 4) is 12.1 Å². The number of benzene rings is 2. The molecule has 0 radical (unpaired) electrons. The van der Waals surface area contributed by atoms with Crippen LogP contribution in [0.2, 0.25) is 5.15 Å². The van der Waals surface area contributed by atoms with Gasteiger partial charge in [0.2, 0.25) is 40.3 Å². The lowest BCUT2D eigenvalue weighted by atomic mass is 9.92. The Morgan fingerprint density at radius 1 is 0.534 bits per heavy atom. The summed E-state index contributed by atoms with van der Waals surface area (Å²) in [5.74, 6) is 5.32. The zero-order valence-electron chi connectivity index (χ0n) is 67.6. The van der Waals surface area contributed by atoms with Crippen LogP contribution in [0.3, 0.4) is 0 Å². The molecule has 0 aliphatic carbocycles. The van der Waals surface area contributed by atoms with E-state index in [-0.39, 0.29) is 89.2 Å². The second kappa shape index (κ2) is 43.0. The molecule has 11 heterocycles. The van der Waals surface area contributed by atoms with E-state index in [1.807, 2.05) is 73.2 Å². The number of fused-ring (bicyclic) bond motifs is 1. The minimum absolute atomic E-state index is 0.0630. The lowest BCUT2D eigenvalue weighted by Gasteiger charge is -2.42. The number of aromatic nitrogens is 10. The number of rotatable bonds is 17. The molecule has 2 aromatic carbocycles. The molecule has 7 aromatic rings. The highest BCUT2D eigenvalue weighted by Crippen LogP contribution is 2.37. The molecule has 0 spiro atoms. The van der Waals surface area contributed by atoms with Crippen LogP contribution in [0.4, 0.5) is 75.1 Å². The van der Waals surface area contributed by atoms with Gasteiger partial charge in [0.05, 0.1) is 40.5 Å². The van der Waals surface area contributed by atoms with E-state index in [0.717, 1.165) is 94.4 Å². The Morgan fingerprint density at radius 2 is 0.940 bits per heavy atom. The van der Waals surface area contributed by atoms with Crippen LogP contribution in [0, 0.1) is 72.5 Å². The van der Waals surface area contributed by atoms with Crippen LogP contribution >= 0.6 is 11.6 Å². The van der Waals surface area contributed by atoms with E-state index in [0.29, 0.717) is 90.8 Å². The van der Waals surface area contributed by atoms with E-state index in [2.05, 4.69) is 165 Å². The van der Waals surface area contributed by atoms with Crippen LogP contribution in [0.1, 0.15) is 96.3 Å². The Bertz CT molecular complexity index is 4490. The number of nitrogens with two attached hydrogens (primary N) is 6. The lowest BCUT2D eigenvalue weighted by molar-refractivity contribution is -0.384. The highest BCUT2D eigenvalue weighted by molar-refractivity contribution is 6.31. The number of piperidine rings is 5. The van der Waals surface area contributed by atoms with Gasteiger partial charge in [0.25, 0.3) is 0 Å². The molecule has 622 valence electrons.